The minimum atomic E-state index is 0.00238. The summed E-state index contributed by atoms with van der Waals surface area (Å²) < 4.78 is 0. The molecular weight excluding hydrogens is 298 g/mol. The van der Waals surface area contributed by atoms with Gasteiger partial charge in [0, 0.05) is 23.6 Å². The second kappa shape index (κ2) is 6.95. The Balaban J connectivity index is 1.67. The molecule has 0 saturated carbocycles. The van der Waals surface area contributed by atoms with Crippen LogP contribution < -0.4 is 16.0 Å². The van der Waals surface area contributed by atoms with Crippen molar-refractivity contribution >= 4 is 23.0 Å². The van der Waals surface area contributed by atoms with Gasteiger partial charge in [0.2, 0.25) is 5.91 Å². The van der Waals surface area contributed by atoms with Crippen LogP contribution in [0.25, 0.3) is 0 Å². The van der Waals surface area contributed by atoms with Gasteiger partial charge in [-0.3, -0.25) is 4.79 Å². The van der Waals surface area contributed by atoms with Crippen molar-refractivity contribution < 1.29 is 4.79 Å². The van der Waals surface area contributed by atoms with Gasteiger partial charge < -0.3 is 16.0 Å². The molecule has 0 aromatic heterocycles. The van der Waals surface area contributed by atoms with Gasteiger partial charge in [-0.15, -0.1) is 0 Å². The maximum absolute atomic E-state index is 12.4. The molecule has 1 aliphatic heterocycles. The summed E-state index contributed by atoms with van der Waals surface area (Å²) in [7, 11) is 0. The topological polar surface area (TPSA) is 58.4 Å². The summed E-state index contributed by atoms with van der Waals surface area (Å²) in [5.74, 6) is 0.493. The van der Waals surface area contributed by atoms with E-state index in [9.17, 15) is 4.79 Å². The minimum Gasteiger partial charge on any atom is -0.398 e. The van der Waals surface area contributed by atoms with Crippen LogP contribution in [0.2, 0.25) is 0 Å². The van der Waals surface area contributed by atoms with E-state index in [2.05, 4.69) is 42.3 Å². The van der Waals surface area contributed by atoms with Gasteiger partial charge >= 0.3 is 0 Å². The van der Waals surface area contributed by atoms with Crippen LogP contribution in [0.15, 0.2) is 42.5 Å². The number of nitrogen functional groups attached to an aromatic ring is 1. The number of anilines is 3. The predicted octanol–water partition coefficient (Wildman–Crippen LogP) is 3.78. The number of amides is 1. The molecule has 1 amide bonds. The van der Waals surface area contributed by atoms with Gasteiger partial charge in [0.05, 0.1) is 6.54 Å². The first-order chi connectivity index (χ1) is 11.5. The summed E-state index contributed by atoms with van der Waals surface area (Å²) in [5, 5.41) is 2.99. The quantitative estimate of drug-likeness (QED) is 0.842. The zero-order chi connectivity index (χ0) is 17.1. The van der Waals surface area contributed by atoms with Crippen molar-refractivity contribution in [2.24, 2.45) is 0 Å². The van der Waals surface area contributed by atoms with E-state index < -0.39 is 0 Å². The van der Waals surface area contributed by atoms with E-state index in [0.29, 0.717) is 12.5 Å². The van der Waals surface area contributed by atoms with E-state index in [1.807, 2.05) is 24.3 Å². The summed E-state index contributed by atoms with van der Waals surface area (Å²) in [6.45, 7) is 5.55. The molecule has 24 heavy (non-hydrogen) atoms. The average molecular weight is 323 g/mol. The second-order valence-corrected chi connectivity index (χ2v) is 6.69. The van der Waals surface area contributed by atoms with Crippen molar-refractivity contribution in [2.45, 2.75) is 32.6 Å². The number of nitrogens with two attached hydrogens (primary N) is 1. The average Bonchev–Trinajstić information content (AvgIpc) is 2.56. The normalized spacial score (nSPS) is 13.7. The molecule has 0 aliphatic carbocycles. The monoisotopic (exact) mass is 323 g/mol. The first kappa shape index (κ1) is 16.4. The standard InChI is InChI=1S/C20H25N3O/c1-14(2)15-8-10-16(11-9-15)22-20(24)13-23-12-4-5-17-18(21)6-3-7-19(17)23/h3,6-11,14H,4-5,12-13,21H2,1-2H3,(H,22,24). The molecule has 1 heterocycles. The molecule has 0 atom stereocenters. The number of fused-ring (bicyclic) bond motifs is 1. The van der Waals surface area contributed by atoms with Gasteiger partial charge in [-0.25, -0.2) is 0 Å². The Morgan fingerprint density at radius 2 is 1.96 bits per heavy atom. The highest BCUT2D eigenvalue weighted by molar-refractivity contribution is 5.94. The van der Waals surface area contributed by atoms with Gasteiger partial charge in [0.25, 0.3) is 0 Å². The molecule has 2 aromatic carbocycles. The minimum absolute atomic E-state index is 0.00238. The number of carbonyl (C=O) groups is 1. The number of hydrogen-bond acceptors (Lipinski definition) is 3. The summed E-state index contributed by atoms with van der Waals surface area (Å²) >= 11 is 0. The molecule has 4 nitrogen and oxygen atoms in total. The fourth-order valence-electron chi connectivity index (χ4n) is 3.22. The SMILES string of the molecule is CC(C)c1ccc(NC(=O)CN2CCCc3c(N)cccc32)cc1. The van der Waals surface area contributed by atoms with Crippen molar-refractivity contribution in [1.82, 2.24) is 0 Å². The summed E-state index contributed by atoms with van der Waals surface area (Å²) in [4.78, 5) is 14.5. The number of rotatable bonds is 4. The van der Waals surface area contributed by atoms with Crippen LogP contribution in [-0.2, 0) is 11.2 Å². The van der Waals surface area contributed by atoms with E-state index in [1.165, 1.54) is 5.56 Å². The largest absolute Gasteiger partial charge is 0.398 e. The van der Waals surface area contributed by atoms with Crippen molar-refractivity contribution in [3.63, 3.8) is 0 Å². The van der Waals surface area contributed by atoms with Gasteiger partial charge in [-0.05, 0) is 54.2 Å². The van der Waals surface area contributed by atoms with Crippen molar-refractivity contribution in [3.8, 4) is 0 Å². The highest BCUT2D eigenvalue weighted by atomic mass is 16.2. The lowest BCUT2D eigenvalue weighted by atomic mass is 10.00. The number of hydrogen-bond donors (Lipinski definition) is 2. The third-order valence-electron chi connectivity index (χ3n) is 4.58. The molecule has 0 fully saturated rings. The van der Waals surface area contributed by atoms with Crippen molar-refractivity contribution in [2.75, 3.05) is 29.0 Å². The van der Waals surface area contributed by atoms with Gasteiger partial charge in [0.1, 0.15) is 0 Å². The second-order valence-electron chi connectivity index (χ2n) is 6.69. The Hall–Kier alpha value is -2.49. The highest BCUT2D eigenvalue weighted by Crippen LogP contribution is 2.31. The third-order valence-corrected chi connectivity index (χ3v) is 4.58. The Labute approximate surface area is 143 Å². The van der Waals surface area contributed by atoms with Crippen LogP contribution in [0.3, 0.4) is 0 Å². The molecule has 0 saturated heterocycles. The zero-order valence-electron chi connectivity index (χ0n) is 14.4. The molecule has 3 rings (SSSR count). The molecule has 2 aromatic rings. The summed E-state index contributed by atoms with van der Waals surface area (Å²) in [6, 6.07) is 14.0. The smallest absolute Gasteiger partial charge is 0.243 e. The lowest BCUT2D eigenvalue weighted by molar-refractivity contribution is -0.115. The van der Waals surface area contributed by atoms with Crippen LogP contribution in [0.5, 0.6) is 0 Å². The van der Waals surface area contributed by atoms with Gasteiger partial charge in [0.15, 0.2) is 0 Å². The van der Waals surface area contributed by atoms with Crippen LogP contribution in [-0.4, -0.2) is 19.0 Å². The lowest BCUT2D eigenvalue weighted by Gasteiger charge is -2.31. The van der Waals surface area contributed by atoms with Crippen LogP contribution >= 0.6 is 0 Å². The molecular formula is C20H25N3O. The third kappa shape index (κ3) is 3.53. The van der Waals surface area contributed by atoms with Gasteiger partial charge in [-0.1, -0.05) is 32.0 Å². The zero-order valence-corrected chi connectivity index (χ0v) is 14.4. The lowest BCUT2D eigenvalue weighted by Crippen LogP contribution is -2.37. The summed E-state index contributed by atoms with van der Waals surface area (Å²) in [5.41, 5.74) is 11.3. The fraction of sp³-hybridized carbons (Fsp3) is 0.350. The first-order valence-electron chi connectivity index (χ1n) is 8.56. The maximum atomic E-state index is 12.4. The number of benzene rings is 2. The fourth-order valence-corrected chi connectivity index (χ4v) is 3.22. The Bertz CT molecular complexity index is 722. The Morgan fingerprint density at radius 1 is 1.21 bits per heavy atom. The van der Waals surface area contributed by atoms with E-state index >= 15 is 0 Å². The van der Waals surface area contributed by atoms with Crippen molar-refractivity contribution in [3.05, 3.63) is 53.6 Å². The number of nitrogens with zero attached hydrogens (tertiary/aromatic N) is 1. The van der Waals surface area contributed by atoms with Crippen LogP contribution in [0.4, 0.5) is 17.1 Å². The molecule has 4 heteroatoms. The van der Waals surface area contributed by atoms with E-state index in [4.69, 9.17) is 5.73 Å². The highest BCUT2D eigenvalue weighted by Gasteiger charge is 2.20. The Morgan fingerprint density at radius 3 is 2.67 bits per heavy atom. The van der Waals surface area contributed by atoms with E-state index in [-0.39, 0.29) is 5.91 Å². The van der Waals surface area contributed by atoms with E-state index in [0.717, 1.165) is 42.0 Å². The predicted molar refractivity (Wildman–Crippen MR) is 101 cm³/mol. The van der Waals surface area contributed by atoms with Crippen LogP contribution in [0.1, 0.15) is 37.3 Å². The molecule has 1 aliphatic rings. The molecule has 0 unspecified atom stereocenters. The molecule has 0 radical (unpaired) electrons. The van der Waals surface area contributed by atoms with Crippen molar-refractivity contribution in [1.29, 1.82) is 0 Å². The first-order valence-corrected chi connectivity index (χ1v) is 8.56. The van der Waals surface area contributed by atoms with E-state index in [1.54, 1.807) is 0 Å². The van der Waals surface area contributed by atoms with Gasteiger partial charge in [-0.2, -0.15) is 0 Å². The van der Waals surface area contributed by atoms with Crippen LogP contribution in [0, 0.1) is 0 Å². The molecule has 126 valence electrons. The molecule has 0 spiro atoms. The molecule has 3 N–H and O–H groups in total. The maximum Gasteiger partial charge on any atom is 0.243 e. The number of nitrogens with one attached hydrogen (secondary N) is 1. The number of carbonyl (C=O) groups excluding carboxylic acids is 1. The molecule has 0 bridgehead atoms. The Kier molecular flexibility index (Phi) is 4.74. The summed E-state index contributed by atoms with van der Waals surface area (Å²) in [6.07, 6.45) is 2.01.